The van der Waals surface area contributed by atoms with Gasteiger partial charge in [0.1, 0.15) is 12.1 Å². The number of benzene rings is 1. The zero-order valence-corrected chi connectivity index (χ0v) is 17.2. The zero-order valence-electron chi connectivity index (χ0n) is 17.2. The number of para-hydroxylation sites is 1. The van der Waals surface area contributed by atoms with Gasteiger partial charge in [0, 0.05) is 12.1 Å². The van der Waals surface area contributed by atoms with Crippen LogP contribution in [-0.4, -0.2) is 71.4 Å². The molecule has 0 spiro atoms. The summed E-state index contributed by atoms with van der Waals surface area (Å²) >= 11 is 0. The van der Waals surface area contributed by atoms with Crippen molar-refractivity contribution in [1.82, 2.24) is 10.6 Å². The van der Waals surface area contributed by atoms with Crippen LogP contribution >= 0.6 is 0 Å². The Hall–Kier alpha value is -2.49. The highest BCUT2D eigenvalue weighted by Gasteiger charge is 2.54. The van der Waals surface area contributed by atoms with E-state index in [4.69, 9.17) is 4.74 Å². The molecule has 5 N–H and O–H groups in total. The molecule has 0 aromatic heterocycles. The number of amides is 2. The summed E-state index contributed by atoms with van der Waals surface area (Å²) in [5.74, 6) is -1.38. The molecule has 0 aliphatic carbocycles. The first-order chi connectivity index (χ1) is 14.3. The third-order valence-corrected chi connectivity index (χ3v) is 5.44. The predicted molar refractivity (Wildman–Crippen MR) is 109 cm³/mol. The van der Waals surface area contributed by atoms with Gasteiger partial charge in [-0.05, 0) is 24.0 Å². The summed E-state index contributed by atoms with van der Waals surface area (Å²) < 4.78 is 5.12. The maximum Gasteiger partial charge on any atom is 0.245 e. The smallest absolute Gasteiger partial charge is 0.245 e. The van der Waals surface area contributed by atoms with Gasteiger partial charge in [-0.25, -0.2) is 0 Å². The fraction of sp³-hybridized carbons (Fsp3) is 0.571. The van der Waals surface area contributed by atoms with Crippen LogP contribution in [0.15, 0.2) is 24.3 Å². The number of hydrogen-bond acceptors (Lipinski definition) is 7. The molecule has 30 heavy (non-hydrogen) atoms. The van der Waals surface area contributed by atoms with E-state index in [-0.39, 0.29) is 12.5 Å². The van der Waals surface area contributed by atoms with Crippen molar-refractivity contribution in [2.24, 2.45) is 5.92 Å². The molecule has 2 amide bonds. The van der Waals surface area contributed by atoms with Crippen LogP contribution in [0.1, 0.15) is 25.8 Å². The molecule has 1 saturated heterocycles. The second-order valence-electron chi connectivity index (χ2n) is 8.30. The summed E-state index contributed by atoms with van der Waals surface area (Å²) in [4.78, 5) is 38.1. The van der Waals surface area contributed by atoms with Crippen molar-refractivity contribution >= 4 is 23.3 Å². The van der Waals surface area contributed by atoms with Crippen LogP contribution < -0.4 is 16.0 Å². The van der Waals surface area contributed by atoms with Crippen molar-refractivity contribution in [2.75, 3.05) is 25.1 Å². The van der Waals surface area contributed by atoms with Crippen molar-refractivity contribution in [3.05, 3.63) is 29.8 Å². The van der Waals surface area contributed by atoms with Crippen LogP contribution in [0.3, 0.4) is 0 Å². The molecule has 0 bridgehead atoms. The molecule has 1 fully saturated rings. The highest BCUT2D eigenvalue weighted by molar-refractivity contribution is 5.98. The minimum Gasteiger partial charge on any atom is -0.394 e. The number of epoxide rings is 1. The number of aliphatic hydroxyl groups is 2. The molecule has 9 heteroatoms. The lowest BCUT2D eigenvalue weighted by atomic mass is 9.92. The normalized spacial score (nSPS) is 23.8. The standard InChI is InChI=1S/C21H29N3O6/c1-12(2)7-15(18(27)21(10-26)11-30-21)23-20(29)17(9-25)24-19(28)16-8-13-5-3-4-6-14(13)22-16/h3-6,12,15-17,22,25-26H,7-11H2,1-2H3,(H,23,29)(H,24,28)/t15?,16?,17-,21?/m0/s1. The van der Waals surface area contributed by atoms with Crippen LogP contribution in [0.25, 0.3) is 0 Å². The Kier molecular flexibility index (Phi) is 6.74. The fourth-order valence-electron chi connectivity index (χ4n) is 3.61. The second kappa shape index (κ2) is 9.11. The quantitative estimate of drug-likeness (QED) is 0.318. The third-order valence-electron chi connectivity index (χ3n) is 5.44. The van der Waals surface area contributed by atoms with Crippen molar-refractivity contribution < 1.29 is 29.3 Å². The van der Waals surface area contributed by atoms with E-state index in [1.54, 1.807) is 0 Å². The summed E-state index contributed by atoms with van der Waals surface area (Å²) in [6, 6.07) is 4.92. The monoisotopic (exact) mass is 419 g/mol. The molecule has 0 saturated carbocycles. The second-order valence-corrected chi connectivity index (χ2v) is 8.30. The van der Waals surface area contributed by atoms with E-state index in [0.717, 1.165) is 11.3 Å². The average molecular weight is 419 g/mol. The lowest BCUT2D eigenvalue weighted by Crippen LogP contribution is -2.57. The Balaban J connectivity index is 1.61. The van der Waals surface area contributed by atoms with Gasteiger partial charge < -0.3 is 30.9 Å². The molecular weight excluding hydrogens is 390 g/mol. The van der Waals surface area contributed by atoms with E-state index in [2.05, 4.69) is 16.0 Å². The van der Waals surface area contributed by atoms with Gasteiger partial charge in [0.05, 0.1) is 25.9 Å². The van der Waals surface area contributed by atoms with E-state index >= 15 is 0 Å². The van der Waals surface area contributed by atoms with Crippen molar-refractivity contribution in [3.8, 4) is 0 Å². The molecular formula is C21H29N3O6. The van der Waals surface area contributed by atoms with E-state index in [1.807, 2.05) is 38.1 Å². The fourth-order valence-corrected chi connectivity index (χ4v) is 3.61. The van der Waals surface area contributed by atoms with Gasteiger partial charge in [-0.1, -0.05) is 32.0 Å². The van der Waals surface area contributed by atoms with Gasteiger partial charge in [-0.3, -0.25) is 14.4 Å². The summed E-state index contributed by atoms with van der Waals surface area (Å²) in [6.45, 7) is 2.85. The van der Waals surface area contributed by atoms with Crippen LogP contribution in [0.4, 0.5) is 5.69 Å². The van der Waals surface area contributed by atoms with E-state index in [0.29, 0.717) is 12.8 Å². The molecule has 2 aliphatic rings. The number of nitrogens with one attached hydrogen (secondary N) is 3. The van der Waals surface area contributed by atoms with Crippen molar-refractivity contribution in [1.29, 1.82) is 0 Å². The van der Waals surface area contributed by atoms with Gasteiger partial charge in [0.2, 0.25) is 11.8 Å². The number of anilines is 1. The summed E-state index contributed by atoms with van der Waals surface area (Å²) in [5.41, 5.74) is 0.609. The average Bonchev–Trinajstić information content (AvgIpc) is 3.40. The summed E-state index contributed by atoms with van der Waals surface area (Å²) in [7, 11) is 0. The van der Waals surface area contributed by atoms with Gasteiger partial charge in [0.25, 0.3) is 0 Å². The number of hydrogen-bond donors (Lipinski definition) is 5. The number of carbonyl (C=O) groups excluding carboxylic acids is 3. The number of ether oxygens (including phenoxy) is 1. The first-order valence-electron chi connectivity index (χ1n) is 10.1. The number of aliphatic hydroxyl groups excluding tert-OH is 2. The SMILES string of the molecule is CC(C)CC(NC(=O)[C@H](CO)NC(=O)C1Cc2ccccc2N1)C(=O)C1(CO)CO1. The predicted octanol–water partition coefficient (Wildman–Crippen LogP) is -0.638. The maximum atomic E-state index is 12.7. The molecule has 1 aromatic carbocycles. The number of rotatable bonds is 10. The first-order valence-corrected chi connectivity index (χ1v) is 10.1. The molecule has 3 unspecified atom stereocenters. The highest BCUT2D eigenvalue weighted by atomic mass is 16.6. The molecule has 4 atom stereocenters. The van der Waals surface area contributed by atoms with Gasteiger partial charge in [-0.2, -0.15) is 0 Å². The van der Waals surface area contributed by atoms with Gasteiger partial charge in [0.15, 0.2) is 11.4 Å². The Morgan fingerprint density at radius 3 is 2.47 bits per heavy atom. The molecule has 0 radical (unpaired) electrons. The zero-order chi connectivity index (χ0) is 21.9. The number of carbonyl (C=O) groups is 3. The summed E-state index contributed by atoms with van der Waals surface area (Å²) in [5, 5.41) is 27.4. The molecule has 3 rings (SSSR count). The molecule has 2 heterocycles. The van der Waals surface area contributed by atoms with Crippen molar-refractivity contribution in [3.63, 3.8) is 0 Å². The largest absolute Gasteiger partial charge is 0.394 e. The Labute approximate surface area is 175 Å². The van der Waals surface area contributed by atoms with E-state index < -0.39 is 54.5 Å². The Morgan fingerprint density at radius 2 is 1.90 bits per heavy atom. The minimum atomic E-state index is -1.26. The molecule has 1 aromatic rings. The van der Waals surface area contributed by atoms with Crippen LogP contribution in [0, 0.1) is 5.92 Å². The number of fused-ring (bicyclic) bond motifs is 1. The van der Waals surface area contributed by atoms with Gasteiger partial charge >= 0.3 is 0 Å². The Morgan fingerprint density at radius 1 is 1.20 bits per heavy atom. The Bertz CT molecular complexity index is 783. The third kappa shape index (κ3) is 4.80. The maximum absolute atomic E-state index is 12.7. The minimum absolute atomic E-state index is 0.0945. The molecule has 9 nitrogen and oxygen atoms in total. The van der Waals surface area contributed by atoms with Crippen LogP contribution in [0.2, 0.25) is 0 Å². The first kappa shape index (κ1) is 22.2. The molecule has 2 aliphatic heterocycles. The van der Waals surface area contributed by atoms with E-state index in [9.17, 15) is 24.6 Å². The van der Waals surface area contributed by atoms with Crippen LogP contribution in [-0.2, 0) is 25.5 Å². The van der Waals surface area contributed by atoms with Crippen molar-refractivity contribution in [2.45, 2.75) is 50.4 Å². The van der Waals surface area contributed by atoms with Crippen LogP contribution in [0.5, 0.6) is 0 Å². The lowest BCUT2D eigenvalue weighted by molar-refractivity contribution is -0.134. The number of Topliss-reactive ketones (excluding diaryl/α,β-unsaturated/α-hetero) is 1. The summed E-state index contributed by atoms with van der Waals surface area (Å²) in [6.07, 6.45) is 0.827. The molecule has 164 valence electrons. The number of ketones is 1. The van der Waals surface area contributed by atoms with Gasteiger partial charge in [-0.15, -0.1) is 0 Å². The topological polar surface area (TPSA) is 140 Å². The highest BCUT2D eigenvalue weighted by Crippen LogP contribution is 2.30. The van der Waals surface area contributed by atoms with E-state index in [1.165, 1.54) is 0 Å². The lowest BCUT2D eigenvalue weighted by Gasteiger charge is -2.25.